The molecular weight excluding hydrogens is 246 g/mol. The molecule has 0 amide bonds. The summed E-state index contributed by atoms with van der Waals surface area (Å²) in [6.45, 7) is 13.1. The first kappa shape index (κ1) is 15.3. The molecule has 1 N–H and O–H groups in total. The maximum atomic E-state index is 4.85. The van der Waals surface area contributed by atoms with Crippen molar-refractivity contribution in [3.8, 4) is 0 Å². The van der Waals surface area contributed by atoms with Crippen LogP contribution in [0.4, 0.5) is 5.82 Å². The molecule has 1 fully saturated rings. The molecule has 3 heteroatoms. The Labute approximate surface area is 123 Å². The van der Waals surface area contributed by atoms with Crippen molar-refractivity contribution in [3.63, 3.8) is 0 Å². The van der Waals surface area contributed by atoms with Gasteiger partial charge < -0.3 is 10.2 Å². The predicted octanol–water partition coefficient (Wildman–Crippen LogP) is 3.51. The van der Waals surface area contributed by atoms with E-state index in [9.17, 15) is 0 Å². The van der Waals surface area contributed by atoms with E-state index in [-0.39, 0.29) is 0 Å². The lowest BCUT2D eigenvalue weighted by Gasteiger charge is -2.26. The average Bonchev–Trinajstić information content (AvgIpc) is 3.18. The maximum absolute atomic E-state index is 4.85. The van der Waals surface area contributed by atoms with Crippen molar-refractivity contribution >= 4 is 5.82 Å². The molecule has 0 bridgehead atoms. The summed E-state index contributed by atoms with van der Waals surface area (Å²) in [4.78, 5) is 7.35. The van der Waals surface area contributed by atoms with Gasteiger partial charge in [-0.3, -0.25) is 0 Å². The van der Waals surface area contributed by atoms with Crippen molar-refractivity contribution in [2.24, 2.45) is 5.92 Å². The summed E-state index contributed by atoms with van der Waals surface area (Å²) in [5.74, 6) is 1.84. The quantitative estimate of drug-likeness (QED) is 0.825. The highest BCUT2D eigenvalue weighted by Gasteiger charge is 2.30. The van der Waals surface area contributed by atoms with Crippen molar-refractivity contribution in [2.45, 2.75) is 66.1 Å². The van der Waals surface area contributed by atoms with E-state index in [1.54, 1.807) is 0 Å². The van der Waals surface area contributed by atoms with E-state index in [2.05, 4.69) is 57.0 Å². The average molecular weight is 275 g/mol. The molecule has 1 aliphatic carbocycles. The molecule has 0 radical (unpaired) electrons. The zero-order valence-electron chi connectivity index (χ0n) is 13.6. The van der Waals surface area contributed by atoms with Gasteiger partial charge in [-0.15, -0.1) is 0 Å². The molecule has 2 rings (SSSR count). The summed E-state index contributed by atoms with van der Waals surface area (Å²) in [7, 11) is 0. The molecule has 1 heterocycles. The monoisotopic (exact) mass is 275 g/mol. The van der Waals surface area contributed by atoms with Gasteiger partial charge in [-0.2, -0.15) is 0 Å². The second-order valence-electron chi connectivity index (χ2n) is 6.73. The van der Waals surface area contributed by atoms with E-state index in [0.29, 0.717) is 12.0 Å². The van der Waals surface area contributed by atoms with E-state index in [4.69, 9.17) is 4.98 Å². The molecule has 1 aromatic rings. The Kier molecular flexibility index (Phi) is 5.03. The van der Waals surface area contributed by atoms with Crippen LogP contribution in [0.5, 0.6) is 0 Å². The highest BCUT2D eigenvalue weighted by molar-refractivity contribution is 5.44. The summed E-state index contributed by atoms with van der Waals surface area (Å²) in [5, 5.41) is 3.47. The lowest BCUT2D eigenvalue weighted by Crippen LogP contribution is -2.31. The van der Waals surface area contributed by atoms with Crippen LogP contribution in [0.15, 0.2) is 12.1 Å². The van der Waals surface area contributed by atoms with E-state index in [1.807, 2.05) is 0 Å². The molecule has 112 valence electrons. The summed E-state index contributed by atoms with van der Waals surface area (Å²) in [6.07, 6.45) is 2.65. The fourth-order valence-electron chi connectivity index (χ4n) is 2.45. The number of aryl methyl sites for hydroxylation is 1. The van der Waals surface area contributed by atoms with Gasteiger partial charge in [0.15, 0.2) is 0 Å². The largest absolute Gasteiger partial charge is 0.353 e. The fraction of sp³-hybridized carbons (Fsp3) is 0.706. The van der Waals surface area contributed by atoms with Gasteiger partial charge in [0.05, 0.1) is 0 Å². The smallest absolute Gasteiger partial charge is 0.129 e. The van der Waals surface area contributed by atoms with Crippen LogP contribution in [0.3, 0.4) is 0 Å². The van der Waals surface area contributed by atoms with Gasteiger partial charge in [0, 0.05) is 30.9 Å². The van der Waals surface area contributed by atoms with Crippen LogP contribution in [-0.2, 0) is 6.54 Å². The normalized spacial score (nSPS) is 15.2. The van der Waals surface area contributed by atoms with E-state index in [1.165, 1.54) is 18.4 Å². The molecule has 0 saturated heterocycles. The number of pyridine rings is 1. The summed E-state index contributed by atoms with van der Waals surface area (Å²) in [6, 6.07) is 5.68. The zero-order valence-corrected chi connectivity index (χ0v) is 13.6. The molecule has 3 nitrogen and oxygen atoms in total. The standard InChI is InChI=1S/C17H29N3/c1-12(2)11-20(16-7-8-16)17-9-6-15(14(5)19-17)10-18-13(3)4/h6,9,12-13,16,18H,7-8,10-11H2,1-5H3. The molecule has 1 saturated carbocycles. The SMILES string of the molecule is Cc1nc(N(CC(C)C)C2CC2)ccc1CNC(C)C. The molecule has 0 atom stereocenters. The van der Waals surface area contributed by atoms with Gasteiger partial charge in [-0.05, 0) is 37.3 Å². The Balaban J connectivity index is 2.09. The molecule has 1 aliphatic rings. The van der Waals surface area contributed by atoms with Gasteiger partial charge in [-0.25, -0.2) is 4.98 Å². The first-order chi connectivity index (χ1) is 9.47. The Bertz CT molecular complexity index is 436. The van der Waals surface area contributed by atoms with Gasteiger partial charge >= 0.3 is 0 Å². The first-order valence-corrected chi connectivity index (χ1v) is 7.94. The van der Waals surface area contributed by atoms with E-state index >= 15 is 0 Å². The third-order valence-corrected chi connectivity index (χ3v) is 3.73. The zero-order chi connectivity index (χ0) is 14.7. The molecule has 0 unspecified atom stereocenters. The van der Waals surface area contributed by atoms with Crippen LogP contribution in [-0.4, -0.2) is 23.6 Å². The van der Waals surface area contributed by atoms with Crippen molar-refractivity contribution in [1.82, 2.24) is 10.3 Å². The van der Waals surface area contributed by atoms with Crippen LogP contribution in [0.25, 0.3) is 0 Å². The highest BCUT2D eigenvalue weighted by Crippen LogP contribution is 2.31. The van der Waals surface area contributed by atoms with E-state index in [0.717, 1.165) is 30.6 Å². The molecule has 20 heavy (non-hydrogen) atoms. The highest BCUT2D eigenvalue weighted by atomic mass is 15.2. The van der Waals surface area contributed by atoms with Crippen molar-refractivity contribution in [3.05, 3.63) is 23.4 Å². The van der Waals surface area contributed by atoms with Crippen LogP contribution < -0.4 is 10.2 Å². The van der Waals surface area contributed by atoms with Crippen LogP contribution >= 0.6 is 0 Å². The minimum absolute atomic E-state index is 0.512. The molecule has 0 aromatic carbocycles. The van der Waals surface area contributed by atoms with Gasteiger partial charge in [0.2, 0.25) is 0 Å². The predicted molar refractivity (Wildman–Crippen MR) is 86.2 cm³/mol. The number of nitrogens with one attached hydrogen (secondary N) is 1. The Morgan fingerprint density at radius 1 is 1.25 bits per heavy atom. The Morgan fingerprint density at radius 3 is 2.45 bits per heavy atom. The second kappa shape index (κ2) is 6.57. The van der Waals surface area contributed by atoms with E-state index < -0.39 is 0 Å². The first-order valence-electron chi connectivity index (χ1n) is 7.94. The van der Waals surface area contributed by atoms with Crippen LogP contribution in [0.1, 0.15) is 51.8 Å². The molecule has 0 spiro atoms. The minimum Gasteiger partial charge on any atom is -0.353 e. The number of rotatable bonds is 7. The van der Waals surface area contributed by atoms with Crippen molar-refractivity contribution in [1.29, 1.82) is 0 Å². The van der Waals surface area contributed by atoms with Gasteiger partial charge in [0.25, 0.3) is 0 Å². The molecule has 0 aliphatic heterocycles. The molecule has 1 aromatic heterocycles. The van der Waals surface area contributed by atoms with Gasteiger partial charge in [0.1, 0.15) is 5.82 Å². The minimum atomic E-state index is 0.512. The number of anilines is 1. The number of nitrogens with zero attached hydrogens (tertiary/aromatic N) is 2. The summed E-state index contributed by atoms with van der Waals surface area (Å²) < 4.78 is 0. The Hall–Kier alpha value is -1.09. The number of hydrogen-bond acceptors (Lipinski definition) is 3. The van der Waals surface area contributed by atoms with Crippen molar-refractivity contribution < 1.29 is 0 Å². The molecular formula is C17H29N3. The fourth-order valence-corrected chi connectivity index (χ4v) is 2.45. The van der Waals surface area contributed by atoms with Crippen LogP contribution in [0.2, 0.25) is 0 Å². The third-order valence-electron chi connectivity index (χ3n) is 3.73. The number of aromatic nitrogens is 1. The Morgan fingerprint density at radius 2 is 1.95 bits per heavy atom. The lowest BCUT2D eigenvalue weighted by molar-refractivity contribution is 0.584. The second-order valence-corrected chi connectivity index (χ2v) is 6.73. The van der Waals surface area contributed by atoms with Gasteiger partial charge in [-0.1, -0.05) is 33.8 Å². The maximum Gasteiger partial charge on any atom is 0.129 e. The topological polar surface area (TPSA) is 28.2 Å². The van der Waals surface area contributed by atoms with Crippen LogP contribution in [0, 0.1) is 12.8 Å². The number of hydrogen-bond donors (Lipinski definition) is 1. The lowest BCUT2D eigenvalue weighted by atomic mass is 10.1. The third kappa shape index (κ3) is 4.20. The summed E-state index contributed by atoms with van der Waals surface area (Å²) in [5.41, 5.74) is 2.47. The summed E-state index contributed by atoms with van der Waals surface area (Å²) >= 11 is 0. The van der Waals surface area contributed by atoms with Crippen molar-refractivity contribution in [2.75, 3.05) is 11.4 Å².